The second-order valence-electron chi connectivity index (χ2n) is 11.8. The van der Waals surface area contributed by atoms with Crippen LogP contribution < -0.4 is 4.90 Å². The number of ketones is 2. The van der Waals surface area contributed by atoms with Crippen LogP contribution in [0.3, 0.4) is 0 Å². The fourth-order valence-electron chi connectivity index (χ4n) is 8.13. The van der Waals surface area contributed by atoms with Gasteiger partial charge in [0, 0.05) is 51.6 Å². The third-order valence-electron chi connectivity index (χ3n) is 9.71. The van der Waals surface area contributed by atoms with Crippen molar-refractivity contribution in [2.24, 2.45) is 17.3 Å². The number of fused-ring (bicyclic) bond motifs is 4. The molecule has 6 heteroatoms. The van der Waals surface area contributed by atoms with Crippen LogP contribution in [0.1, 0.15) is 70.3 Å². The molecule has 5 atom stereocenters. The van der Waals surface area contributed by atoms with Gasteiger partial charge >= 0.3 is 5.97 Å². The van der Waals surface area contributed by atoms with Gasteiger partial charge in [-0.2, -0.15) is 0 Å². The maximum Gasteiger partial charge on any atom is 0.303 e. The highest BCUT2D eigenvalue weighted by Gasteiger charge is 2.68. The quantitative estimate of drug-likeness (QED) is 0.497. The van der Waals surface area contributed by atoms with E-state index in [1.165, 1.54) is 36.3 Å². The van der Waals surface area contributed by atoms with Gasteiger partial charge in [-0.15, -0.1) is 0 Å². The van der Waals surface area contributed by atoms with Crippen molar-refractivity contribution in [3.63, 3.8) is 0 Å². The van der Waals surface area contributed by atoms with Crippen molar-refractivity contribution in [2.45, 2.75) is 70.3 Å². The van der Waals surface area contributed by atoms with E-state index in [1.807, 2.05) is 20.2 Å². The second-order valence-corrected chi connectivity index (χ2v) is 11.8. The van der Waals surface area contributed by atoms with Crippen molar-refractivity contribution in [3.8, 4) is 0 Å². The summed E-state index contributed by atoms with van der Waals surface area (Å²) < 4.78 is 11.4. The normalized spacial score (nSPS) is 32.7. The summed E-state index contributed by atoms with van der Waals surface area (Å²) in [7, 11) is 5.59. The second kappa shape index (κ2) is 9.54. The van der Waals surface area contributed by atoms with Crippen LogP contribution in [0.4, 0.5) is 5.69 Å². The van der Waals surface area contributed by atoms with Crippen LogP contribution in [0.25, 0.3) is 0 Å². The lowest BCUT2D eigenvalue weighted by molar-refractivity contribution is -0.185. The molecule has 1 aromatic rings. The average Bonchev–Trinajstić information content (AvgIpc) is 3.15. The van der Waals surface area contributed by atoms with Gasteiger partial charge in [0.1, 0.15) is 6.61 Å². The van der Waals surface area contributed by atoms with E-state index < -0.39 is 17.0 Å². The Morgan fingerprint density at radius 2 is 1.81 bits per heavy atom. The maximum atomic E-state index is 13.7. The van der Waals surface area contributed by atoms with Gasteiger partial charge in [-0.1, -0.05) is 24.6 Å². The number of Topliss-reactive ketones (excluding diaryl/α,β-unsaturated/α-hetero) is 1. The van der Waals surface area contributed by atoms with E-state index in [9.17, 15) is 14.4 Å². The summed E-state index contributed by atoms with van der Waals surface area (Å²) in [6.07, 6.45) is 7.17. The highest BCUT2D eigenvalue weighted by Crippen LogP contribution is 2.67. The fourth-order valence-corrected chi connectivity index (χ4v) is 8.13. The minimum Gasteiger partial charge on any atom is -0.451 e. The van der Waals surface area contributed by atoms with Gasteiger partial charge in [0.15, 0.2) is 11.4 Å². The summed E-state index contributed by atoms with van der Waals surface area (Å²) in [5.41, 5.74) is 4.70. The molecule has 4 aliphatic rings. The molecule has 1 aromatic carbocycles. The zero-order valence-corrected chi connectivity index (χ0v) is 22.8. The molecule has 198 valence electrons. The van der Waals surface area contributed by atoms with Crippen molar-refractivity contribution in [2.75, 3.05) is 32.7 Å². The molecule has 6 nitrogen and oxygen atoms in total. The summed E-state index contributed by atoms with van der Waals surface area (Å²) >= 11 is 0. The lowest BCUT2D eigenvalue weighted by Crippen LogP contribution is -2.58. The highest BCUT2D eigenvalue weighted by molar-refractivity contribution is 5.93. The van der Waals surface area contributed by atoms with E-state index in [0.29, 0.717) is 18.8 Å². The molecular formula is C31H39NO5. The Morgan fingerprint density at radius 1 is 1.08 bits per heavy atom. The summed E-state index contributed by atoms with van der Waals surface area (Å²) in [4.78, 5) is 40.5. The van der Waals surface area contributed by atoms with Gasteiger partial charge in [-0.05, 0) is 85.3 Å². The SMILES string of the molecule is COCC(=O)[C@]1(OC(C)=O)CCC2C3CCC4=CC(=O)CCC4=C3C(c3ccc(N(C)C)cc3)C[C@@]21C. The molecular weight excluding hydrogens is 466 g/mol. The number of anilines is 1. The number of carbonyl (C=O) groups is 3. The number of allylic oxidation sites excluding steroid dienone is 4. The molecule has 0 bridgehead atoms. The van der Waals surface area contributed by atoms with Gasteiger partial charge < -0.3 is 14.4 Å². The van der Waals surface area contributed by atoms with Crippen LogP contribution in [-0.2, 0) is 23.9 Å². The van der Waals surface area contributed by atoms with E-state index in [4.69, 9.17) is 9.47 Å². The number of benzene rings is 1. The highest BCUT2D eigenvalue weighted by atomic mass is 16.6. The zero-order chi connectivity index (χ0) is 26.5. The molecule has 0 spiro atoms. The Kier molecular flexibility index (Phi) is 6.68. The summed E-state index contributed by atoms with van der Waals surface area (Å²) in [5.74, 6) is 0.301. The molecule has 3 unspecified atom stereocenters. The predicted molar refractivity (Wildman–Crippen MR) is 142 cm³/mol. The Labute approximate surface area is 220 Å². The summed E-state index contributed by atoms with van der Waals surface area (Å²) in [6, 6.07) is 8.72. The summed E-state index contributed by atoms with van der Waals surface area (Å²) in [6.45, 7) is 3.52. The molecule has 2 saturated carbocycles. The van der Waals surface area contributed by atoms with Crippen molar-refractivity contribution >= 4 is 23.2 Å². The molecule has 0 radical (unpaired) electrons. The van der Waals surface area contributed by atoms with Crippen molar-refractivity contribution in [1.82, 2.24) is 0 Å². The molecule has 2 fully saturated rings. The van der Waals surface area contributed by atoms with E-state index in [2.05, 4.69) is 36.1 Å². The summed E-state index contributed by atoms with van der Waals surface area (Å²) in [5, 5.41) is 0. The predicted octanol–water partition coefficient (Wildman–Crippen LogP) is 5.17. The molecule has 0 heterocycles. The number of methoxy groups -OCH3 is 1. The smallest absolute Gasteiger partial charge is 0.303 e. The maximum absolute atomic E-state index is 13.7. The van der Waals surface area contributed by atoms with Crippen molar-refractivity contribution in [3.05, 3.63) is 52.6 Å². The van der Waals surface area contributed by atoms with Gasteiger partial charge in [-0.25, -0.2) is 0 Å². The molecule has 0 aliphatic heterocycles. The zero-order valence-electron chi connectivity index (χ0n) is 22.8. The van der Waals surface area contributed by atoms with E-state index in [-0.39, 0.29) is 30.0 Å². The first-order chi connectivity index (χ1) is 17.6. The molecule has 0 aromatic heterocycles. The van der Waals surface area contributed by atoms with Gasteiger partial charge in [0.25, 0.3) is 0 Å². The van der Waals surface area contributed by atoms with Crippen LogP contribution in [0.2, 0.25) is 0 Å². The van der Waals surface area contributed by atoms with Crippen LogP contribution in [-0.4, -0.2) is 50.9 Å². The first-order valence-corrected chi connectivity index (χ1v) is 13.6. The Hall–Kier alpha value is -2.73. The molecule has 0 amide bonds. The first kappa shape index (κ1) is 25.9. The fraction of sp³-hybridized carbons (Fsp3) is 0.581. The minimum absolute atomic E-state index is 0.0641. The van der Waals surface area contributed by atoms with Gasteiger partial charge in [0.05, 0.1) is 0 Å². The third-order valence-corrected chi connectivity index (χ3v) is 9.71. The van der Waals surface area contributed by atoms with Crippen LogP contribution >= 0.6 is 0 Å². The monoisotopic (exact) mass is 505 g/mol. The molecule has 0 saturated heterocycles. The van der Waals surface area contributed by atoms with Crippen LogP contribution in [0.15, 0.2) is 47.1 Å². The van der Waals surface area contributed by atoms with Crippen molar-refractivity contribution in [1.29, 1.82) is 0 Å². The number of hydrogen-bond acceptors (Lipinski definition) is 6. The first-order valence-electron chi connectivity index (χ1n) is 13.6. The largest absolute Gasteiger partial charge is 0.451 e. The number of rotatable bonds is 6. The van der Waals surface area contributed by atoms with E-state index in [1.54, 1.807) is 0 Å². The topological polar surface area (TPSA) is 72.9 Å². The number of hydrogen-bond donors (Lipinski definition) is 0. The standard InChI is InChI=1S/C31H39NO5/c1-19(33)37-31(28(35)18-36-5)15-14-27-25-12-8-21-16-23(34)11-13-24(21)29(25)26(17-30(27,31)2)20-6-9-22(10-7-20)32(3)4/h6-7,9-10,16,25-27H,8,11-15,17-18H2,1-5H3/t25?,26?,27?,30-,31+/m0/s1. The number of ether oxygens (including phenoxy) is 2. The number of nitrogens with zero attached hydrogens (tertiary/aromatic N) is 1. The Balaban J connectivity index is 1.68. The minimum atomic E-state index is -1.18. The Morgan fingerprint density at radius 3 is 2.46 bits per heavy atom. The number of carbonyl (C=O) groups excluding carboxylic acids is 3. The third kappa shape index (κ3) is 4.08. The van der Waals surface area contributed by atoms with Crippen LogP contribution in [0.5, 0.6) is 0 Å². The van der Waals surface area contributed by atoms with E-state index in [0.717, 1.165) is 37.8 Å². The molecule has 0 N–H and O–H groups in total. The van der Waals surface area contributed by atoms with Crippen molar-refractivity contribution < 1.29 is 23.9 Å². The molecule has 37 heavy (non-hydrogen) atoms. The van der Waals surface area contributed by atoms with E-state index >= 15 is 0 Å². The average molecular weight is 506 g/mol. The molecule has 4 aliphatic carbocycles. The van der Waals surface area contributed by atoms with Crippen LogP contribution in [0, 0.1) is 17.3 Å². The van der Waals surface area contributed by atoms with Gasteiger partial charge in [-0.3, -0.25) is 14.4 Å². The Bertz CT molecular complexity index is 1180. The molecule has 5 rings (SSSR count). The lowest BCUT2D eigenvalue weighted by atomic mass is 9.50. The number of esters is 1. The van der Waals surface area contributed by atoms with Gasteiger partial charge in [0.2, 0.25) is 5.78 Å². The lowest BCUT2D eigenvalue weighted by Gasteiger charge is -2.55.